The van der Waals surface area contributed by atoms with Crippen LogP contribution in [-0.4, -0.2) is 38.9 Å². The first-order valence-electron chi connectivity index (χ1n) is 10.8. The number of nitrogens with one attached hydrogen (secondary N) is 6. The topological polar surface area (TPSA) is 227 Å². The standard InChI is InChI=1S/C22H22N8O6S4/c23-39(33,34)15-9-5-13(6-10-15)25-21(37)29-27-19(31)17-3-1-2-4-18(17)20(32)28-30-22(38)26-14-7-11-16(12-8-14)40(24,35)36/h1-12H,(H,27,31)(H,28,32)(H2,23,33,34)(H2,24,35,36)(H2,25,29,37)(H2,26,30,38). The van der Waals surface area contributed by atoms with Gasteiger partial charge in [0, 0.05) is 11.4 Å². The average Bonchev–Trinajstić information content (AvgIpc) is 2.90. The Bertz CT molecular complexity index is 1540. The van der Waals surface area contributed by atoms with Crippen molar-refractivity contribution < 1.29 is 26.4 Å². The minimum atomic E-state index is -3.84. The molecule has 0 aliphatic carbocycles. The number of hydrogen-bond donors (Lipinski definition) is 8. The number of anilines is 2. The number of primary sulfonamides is 2. The first-order chi connectivity index (χ1) is 18.7. The summed E-state index contributed by atoms with van der Waals surface area (Å²) in [5.41, 5.74) is 10.6. The van der Waals surface area contributed by atoms with Crippen molar-refractivity contribution >= 4 is 77.9 Å². The second kappa shape index (κ2) is 12.8. The Hall–Kier alpha value is -4.20. The van der Waals surface area contributed by atoms with Gasteiger partial charge in [-0.3, -0.25) is 31.3 Å². The number of rotatable bonds is 6. The van der Waals surface area contributed by atoms with Crippen LogP contribution >= 0.6 is 24.4 Å². The van der Waals surface area contributed by atoms with Crippen molar-refractivity contribution in [3.8, 4) is 0 Å². The molecule has 3 aromatic rings. The second-order valence-electron chi connectivity index (χ2n) is 7.75. The number of benzene rings is 3. The lowest BCUT2D eigenvalue weighted by Crippen LogP contribution is -2.46. The van der Waals surface area contributed by atoms with Crippen LogP contribution in [0.1, 0.15) is 20.7 Å². The van der Waals surface area contributed by atoms with Crippen molar-refractivity contribution in [1.82, 2.24) is 21.7 Å². The zero-order chi connectivity index (χ0) is 29.5. The van der Waals surface area contributed by atoms with Gasteiger partial charge in [0.2, 0.25) is 20.0 Å². The van der Waals surface area contributed by atoms with E-state index >= 15 is 0 Å². The van der Waals surface area contributed by atoms with Crippen LogP contribution in [0, 0.1) is 0 Å². The normalized spacial score (nSPS) is 11.1. The molecule has 0 bridgehead atoms. The number of carbonyl (C=O) groups is 2. The van der Waals surface area contributed by atoms with Crippen LogP contribution in [0.4, 0.5) is 11.4 Å². The summed E-state index contributed by atoms with van der Waals surface area (Å²) in [6.45, 7) is 0. The Morgan fingerprint density at radius 2 is 0.875 bits per heavy atom. The molecule has 0 saturated carbocycles. The molecule has 0 aliphatic heterocycles. The van der Waals surface area contributed by atoms with Crippen LogP contribution < -0.4 is 42.6 Å². The zero-order valence-electron chi connectivity index (χ0n) is 20.2. The Kier molecular flexibility index (Phi) is 9.69. The van der Waals surface area contributed by atoms with Gasteiger partial charge in [0.1, 0.15) is 0 Å². The van der Waals surface area contributed by atoms with E-state index < -0.39 is 31.9 Å². The van der Waals surface area contributed by atoms with Crippen LogP contribution in [0.25, 0.3) is 0 Å². The highest BCUT2D eigenvalue weighted by Crippen LogP contribution is 2.14. The fraction of sp³-hybridized carbons (Fsp3) is 0. The van der Waals surface area contributed by atoms with Crippen LogP contribution in [0.3, 0.4) is 0 Å². The summed E-state index contributed by atoms with van der Waals surface area (Å²) < 4.78 is 45.4. The number of carbonyl (C=O) groups excluding carboxylic acids is 2. The van der Waals surface area contributed by atoms with Crippen molar-refractivity contribution in [2.45, 2.75) is 9.79 Å². The van der Waals surface area contributed by atoms with E-state index in [1.54, 1.807) is 12.1 Å². The molecule has 0 atom stereocenters. The van der Waals surface area contributed by atoms with Crippen molar-refractivity contribution in [1.29, 1.82) is 0 Å². The maximum absolute atomic E-state index is 12.7. The van der Waals surface area contributed by atoms with Gasteiger partial charge in [-0.05, 0) is 85.1 Å². The van der Waals surface area contributed by atoms with Crippen LogP contribution in [0.2, 0.25) is 0 Å². The highest BCUT2D eigenvalue weighted by molar-refractivity contribution is 7.89. The summed E-state index contributed by atoms with van der Waals surface area (Å²) in [4.78, 5) is 25.3. The van der Waals surface area contributed by atoms with Crippen LogP contribution in [0.5, 0.6) is 0 Å². The van der Waals surface area contributed by atoms with Crippen molar-refractivity contribution in [3.05, 3.63) is 83.9 Å². The first-order valence-corrected chi connectivity index (χ1v) is 14.7. The Morgan fingerprint density at radius 1 is 0.550 bits per heavy atom. The summed E-state index contributed by atoms with van der Waals surface area (Å²) in [5, 5.41) is 15.6. The van der Waals surface area contributed by atoms with Gasteiger partial charge in [0.15, 0.2) is 10.2 Å². The molecule has 0 spiro atoms. The molecule has 2 amide bonds. The quantitative estimate of drug-likeness (QED) is 0.137. The third kappa shape index (κ3) is 8.66. The highest BCUT2D eigenvalue weighted by Gasteiger charge is 2.17. The molecule has 0 fully saturated rings. The number of amides is 2. The number of nitrogens with two attached hydrogens (primary N) is 2. The van der Waals surface area contributed by atoms with Crippen molar-refractivity contribution in [2.24, 2.45) is 10.3 Å². The van der Waals surface area contributed by atoms with Gasteiger partial charge in [-0.1, -0.05) is 12.1 Å². The van der Waals surface area contributed by atoms with E-state index in [0.29, 0.717) is 11.4 Å². The van der Waals surface area contributed by atoms with Gasteiger partial charge in [0.25, 0.3) is 11.8 Å². The molecule has 0 unspecified atom stereocenters. The van der Waals surface area contributed by atoms with Crippen molar-refractivity contribution in [3.63, 3.8) is 0 Å². The molecule has 3 rings (SSSR count). The monoisotopic (exact) mass is 622 g/mol. The molecule has 0 radical (unpaired) electrons. The predicted octanol–water partition coefficient (Wildman–Crippen LogP) is 0.244. The lowest BCUT2D eigenvalue weighted by molar-refractivity contribution is 0.0910. The molecule has 10 N–H and O–H groups in total. The van der Waals surface area contributed by atoms with E-state index in [4.69, 9.17) is 34.7 Å². The van der Waals surface area contributed by atoms with Gasteiger partial charge in [-0.25, -0.2) is 27.1 Å². The van der Waals surface area contributed by atoms with E-state index in [9.17, 15) is 26.4 Å². The van der Waals surface area contributed by atoms with E-state index in [1.165, 1.54) is 60.7 Å². The van der Waals surface area contributed by atoms with Gasteiger partial charge < -0.3 is 10.6 Å². The molecule has 3 aromatic carbocycles. The lowest BCUT2D eigenvalue weighted by Gasteiger charge is -2.15. The fourth-order valence-electron chi connectivity index (χ4n) is 3.02. The van der Waals surface area contributed by atoms with Crippen molar-refractivity contribution in [2.75, 3.05) is 10.6 Å². The molecular formula is C22H22N8O6S4. The zero-order valence-corrected chi connectivity index (χ0v) is 23.4. The van der Waals surface area contributed by atoms with Crippen LogP contribution in [0.15, 0.2) is 82.6 Å². The predicted molar refractivity (Wildman–Crippen MR) is 156 cm³/mol. The molecule has 210 valence electrons. The van der Waals surface area contributed by atoms with Gasteiger partial charge in [-0.15, -0.1) is 0 Å². The maximum Gasteiger partial charge on any atom is 0.270 e. The SMILES string of the molecule is NS(=O)(=O)c1ccc(NC(=S)NNC(=O)c2ccccc2C(=O)NNC(=S)Nc2ccc(S(N)(=O)=O)cc2)cc1. The number of hydrazine groups is 2. The summed E-state index contributed by atoms with van der Waals surface area (Å²) in [6.07, 6.45) is 0. The van der Waals surface area contributed by atoms with Gasteiger partial charge in [-0.2, -0.15) is 0 Å². The van der Waals surface area contributed by atoms with E-state index in [0.717, 1.165) is 0 Å². The number of thiocarbonyl (C=S) groups is 2. The third-order valence-corrected chi connectivity index (χ3v) is 7.14. The third-order valence-electron chi connectivity index (χ3n) is 4.88. The van der Waals surface area contributed by atoms with Crippen LogP contribution in [-0.2, 0) is 20.0 Å². The van der Waals surface area contributed by atoms with Gasteiger partial charge in [0.05, 0.1) is 20.9 Å². The molecule has 14 nitrogen and oxygen atoms in total. The van der Waals surface area contributed by atoms with E-state index in [2.05, 4.69) is 32.3 Å². The summed E-state index contributed by atoms with van der Waals surface area (Å²) >= 11 is 10.2. The molecule has 0 aromatic heterocycles. The average molecular weight is 623 g/mol. The first kappa shape index (κ1) is 30.3. The number of hydrogen-bond acceptors (Lipinski definition) is 8. The minimum Gasteiger partial charge on any atom is -0.331 e. The molecule has 0 aliphatic rings. The summed E-state index contributed by atoms with van der Waals surface area (Å²) in [5.74, 6) is -1.37. The maximum atomic E-state index is 12.7. The molecule has 18 heteroatoms. The smallest absolute Gasteiger partial charge is 0.270 e. The van der Waals surface area contributed by atoms with E-state index in [-0.39, 0.29) is 31.1 Å². The highest BCUT2D eigenvalue weighted by atomic mass is 32.2. The fourth-order valence-corrected chi connectivity index (χ4v) is 4.39. The Balaban J connectivity index is 1.54. The molecule has 40 heavy (non-hydrogen) atoms. The lowest BCUT2D eigenvalue weighted by atomic mass is 10.1. The summed E-state index contributed by atoms with van der Waals surface area (Å²) in [7, 11) is -7.69. The Morgan fingerprint density at radius 3 is 1.18 bits per heavy atom. The summed E-state index contributed by atoms with van der Waals surface area (Å²) in [6, 6.07) is 16.8. The molecule has 0 heterocycles. The van der Waals surface area contributed by atoms with Gasteiger partial charge >= 0.3 is 0 Å². The minimum absolute atomic E-state index is 0.00654. The second-order valence-corrected chi connectivity index (χ2v) is 11.7. The molecular weight excluding hydrogens is 601 g/mol. The Labute approximate surface area is 239 Å². The number of sulfonamides is 2. The largest absolute Gasteiger partial charge is 0.331 e. The van der Waals surface area contributed by atoms with E-state index in [1.807, 2.05) is 0 Å². The molecule has 0 saturated heterocycles.